The summed E-state index contributed by atoms with van der Waals surface area (Å²) in [6.45, 7) is 2.34. The molecule has 29 heavy (non-hydrogen) atoms. The molecule has 0 radical (unpaired) electrons. The lowest BCUT2D eigenvalue weighted by Gasteiger charge is -2.16. The van der Waals surface area contributed by atoms with E-state index in [1.807, 2.05) is 31.2 Å². The Morgan fingerprint density at radius 3 is 2.62 bits per heavy atom. The van der Waals surface area contributed by atoms with Crippen molar-refractivity contribution >= 4 is 32.2 Å². The van der Waals surface area contributed by atoms with Crippen LogP contribution in [-0.2, 0) is 22.8 Å². The number of imidazole rings is 1. The number of carbonyl (C=O) groups excluding carboxylic acids is 1. The van der Waals surface area contributed by atoms with Crippen LogP contribution in [0.2, 0.25) is 0 Å². The summed E-state index contributed by atoms with van der Waals surface area (Å²) in [5.74, 6) is 0.480. The molecule has 0 fully saturated rings. The van der Waals surface area contributed by atoms with Crippen LogP contribution in [0, 0.1) is 0 Å². The third-order valence-corrected chi connectivity index (χ3v) is 5.85. The van der Waals surface area contributed by atoms with Crippen molar-refractivity contribution in [2.24, 2.45) is 0 Å². The Bertz CT molecular complexity index is 1330. The first-order valence-electron chi connectivity index (χ1n) is 9.23. The number of hydrogen-bond donors (Lipinski definition) is 0. The molecule has 0 unspecified atom stereocenters. The van der Waals surface area contributed by atoms with E-state index in [-0.39, 0.29) is 16.8 Å². The van der Waals surface area contributed by atoms with E-state index < -0.39 is 9.84 Å². The monoisotopic (exact) mass is 411 g/mol. The summed E-state index contributed by atoms with van der Waals surface area (Å²) in [4.78, 5) is 18.9. The van der Waals surface area contributed by atoms with E-state index in [0.29, 0.717) is 18.5 Å². The Balaban J connectivity index is 1.75. The molecule has 0 aliphatic heterocycles. The lowest BCUT2D eigenvalue weighted by molar-refractivity contribution is 0.0781. The number of pyridine rings is 1. The average molecular weight is 411 g/mol. The van der Waals surface area contributed by atoms with Crippen LogP contribution in [-0.4, -0.2) is 41.9 Å². The van der Waals surface area contributed by atoms with Crippen molar-refractivity contribution < 1.29 is 17.6 Å². The Morgan fingerprint density at radius 2 is 1.90 bits per heavy atom. The molecule has 8 heteroatoms. The molecular weight excluding hydrogens is 390 g/mol. The Hall–Kier alpha value is -3.13. The topological polar surface area (TPSA) is 84.9 Å². The fraction of sp³-hybridized carbons (Fsp3) is 0.238. The van der Waals surface area contributed by atoms with Gasteiger partial charge in [0.05, 0.1) is 5.52 Å². The van der Waals surface area contributed by atoms with Gasteiger partial charge in [0.25, 0.3) is 5.91 Å². The first-order valence-corrected chi connectivity index (χ1v) is 11.1. The summed E-state index contributed by atoms with van der Waals surface area (Å²) in [5, 5.41) is 0.823. The van der Waals surface area contributed by atoms with Crippen LogP contribution in [0.25, 0.3) is 16.5 Å². The molecule has 1 amide bonds. The van der Waals surface area contributed by atoms with E-state index in [4.69, 9.17) is 4.42 Å². The molecule has 150 valence electrons. The average Bonchev–Trinajstić information content (AvgIpc) is 3.26. The Kier molecular flexibility index (Phi) is 4.66. The minimum Gasteiger partial charge on any atom is -0.461 e. The van der Waals surface area contributed by atoms with Crippen molar-refractivity contribution in [2.45, 2.75) is 25.0 Å². The molecule has 0 saturated heterocycles. The van der Waals surface area contributed by atoms with E-state index in [2.05, 4.69) is 4.98 Å². The first kappa shape index (κ1) is 19.2. The molecule has 4 aromatic rings. The normalized spacial score (nSPS) is 12.0. The highest BCUT2D eigenvalue weighted by Gasteiger charge is 2.26. The quantitative estimate of drug-likeness (QED) is 0.503. The SMILES string of the molecule is CCc1oc2ccccc2c1CN(C)C(=O)c1nc(S(C)(=O)=O)n2ccccc12. The Morgan fingerprint density at radius 1 is 1.17 bits per heavy atom. The van der Waals surface area contributed by atoms with Gasteiger partial charge in [0.2, 0.25) is 15.0 Å². The van der Waals surface area contributed by atoms with E-state index in [9.17, 15) is 13.2 Å². The molecule has 0 aliphatic carbocycles. The third-order valence-electron chi connectivity index (χ3n) is 4.90. The molecule has 0 N–H and O–H groups in total. The highest BCUT2D eigenvalue weighted by molar-refractivity contribution is 7.90. The van der Waals surface area contributed by atoms with E-state index in [1.165, 1.54) is 9.30 Å². The smallest absolute Gasteiger partial charge is 0.274 e. The van der Waals surface area contributed by atoms with Crippen molar-refractivity contribution in [3.63, 3.8) is 0 Å². The highest BCUT2D eigenvalue weighted by atomic mass is 32.2. The minimum atomic E-state index is -3.59. The number of para-hydroxylation sites is 1. The number of aryl methyl sites for hydroxylation is 1. The van der Waals surface area contributed by atoms with Gasteiger partial charge in [-0.05, 0) is 18.2 Å². The van der Waals surface area contributed by atoms with Crippen LogP contribution in [0.5, 0.6) is 0 Å². The predicted octanol–water partition coefficient (Wildman–Crippen LogP) is 3.32. The summed E-state index contributed by atoms with van der Waals surface area (Å²) < 4.78 is 31.6. The van der Waals surface area contributed by atoms with E-state index >= 15 is 0 Å². The summed E-state index contributed by atoms with van der Waals surface area (Å²) >= 11 is 0. The molecule has 0 bridgehead atoms. The molecule has 0 spiro atoms. The maximum atomic E-state index is 13.2. The molecule has 7 nitrogen and oxygen atoms in total. The van der Waals surface area contributed by atoms with Gasteiger partial charge in [0.15, 0.2) is 5.69 Å². The summed E-state index contributed by atoms with van der Waals surface area (Å²) in [5.41, 5.74) is 2.30. The van der Waals surface area contributed by atoms with Crippen molar-refractivity contribution in [1.82, 2.24) is 14.3 Å². The van der Waals surface area contributed by atoms with Crippen LogP contribution in [0.3, 0.4) is 0 Å². The highest BCUT2D eigenvalue weighted by Crippen LogP contribution is 2.28. The number of sulfone groups is 1. The minimum absolute atomic E-state index is 0.111. The third kappa shape index (κ3) is 3.29. The zero-order valence-corrected chi connectivity index (χ0v) is 17.2. The van der Waals surface area contributed by atoms with Crippen molar-refractivity contribution in [3.05, 3.63) is 65.7 Å². The molecule has 0 saturated carbocycles. The van der Waals surface area contributed by atoms with Gasteiger partial charge < -0.3 is 9.32 Å². The predicted molar refractivity (Wildman–Crippen MR) is 110 cm³/mol. The fourth-order valence-corrected chi connectivity index (χ4v) is 4.30. The number of hydrogen-bond acceptors (Lipinski definition) is 5. The van der Waals surface area contributed by atoms with Gasteiger partial charge in [-0.25, -0.2) is 13.4 Å². The molecule has 3 aromatic heterocycles. The van der Waals surface area contributed by atoms with Crippen LogP contribution in [0.4, 0.5) is 0 Å². The van der Waals surface area contributed by atoms with Gasteiger partial charge >= 0.3 is 0 Å². The molecule has 4 rings (SSSR count). The molecule has 3 heterocycles. The second-order valence-corrected chi connectivity index (χ2v) is 8.90. The van der Waals surface area contributed by atoms with Gasteiger partial charge in [-0.3, -0.25) is 9.20 Å². The van der Waals surface area contributed by atoms with Crippen LogP contribution in [0.1, 0.15) is 28.7 Å². The number of benzene rings is 1. The van der Waals surface area contributed by atoms with Gasteiger partial charge in [-0.15, -0.1) is 0 Å². The molecular formula is C21H21N3O4S. The van der Waals surface area contributed by atoms with Crippen molar-refractivity contribution in [3.8, 4) is 0 Å². The Labute approximate surface area is 168 Å². The molecule has 0 atom stereocenters. The molecule has 1 aromatic carbocycles. The number of rotatable bonds is 5. The van der Waals surface area contributed by atoms with Crippen LogP contribution < -0.4 is 0 Å². The number of furan rings is 1. The number of aromatic nitrogens is 2. The van der Waals surface area contributed by atoms with E-state index in [1.54, 1.807) is 31.4 Å². The summed E-state index contributed by atoms with van der Waals surface area (Å²) in [6, 6.07) is 12.9. The fourth-order valence-electron chi connectivity index (χ4n) is 3.53. The second kappa shape index (κ2) is 7.04. The standard InChI is InChI=1S/C21H21N3O4S/c1-4-17-15(14-9-5-6-11-18(14)28-17)13-23(2)20(25)19-16-10-7-8-12-24(16)21(22-19)29(3,26)27/h5-12H,4,13H2,1-3H3. The molecule has 0 aliphatic rings. The van der Waals surface area contributed by atoms with Gasteiger partial charge in [-0.1, -0.05) is 31.2 Å². The lowest BCUT2D eigenvalue weighted by Crippen LogP contribution is -2.27. The number of carbonyl (C=O) groups is 1. The van der Waals surface area contributed by atoms with Gasteiger partial charge in [-0.2, -0.15) is 0 Å². The van der Waals surface area contributed by atoms with Gasteiger partial charge in [0.1, 0.15) is 11.3 Å². The lowest BCUT2D eigenvalue weighted by atomic mass is 10.1. The largest absolute Gasteiger partial charge is 0.461 e. The van der Waals surface area contributed by atoms with Crippen molar-refractivity contribution in [2.75, 3.05) is 13.3 Å². The summed E-state index contributed by atoms with van der Waals surface area (Å²) in [6.07, 6.45) is 3.38. The van der Waals surface area contributed by atoms with Gasteiger partial charge in [0, 0.05) is 43.4 Å². The maximum absolute atomic E-state index is 13.2. The van der Waals surface area contributed by atoms with Crippen LogP contribution >= 0.6 is 0 Å². The maximum Gasteiger partial charge on any atom is 0.274 e. The van der Waals surface area contributed by atoms with Crippen LogP contribution in [0.15, 0.2) is 58.2 Å². The number of fused-ring (bicyclic) bond motifs is 2. The van der Waals surface area contributed by atoms with E-state index in [0.717, 1.165) is 28.5 Å². The first-order chi connectivity index (χ1) is 13.8. The van der Waals surface area contributed by atoms with Crippen molar-refractivity contribution in [1.29, 1.82) is 0 Å². The number of amides is 1. The second-order valence-electron chi connectivity index (χ2n) is 6.99. The zero-order valence-electron chi connectivity index (χ0n) is 16.4. The zero-order chi connectivity index (χ0) is 20.8. The number of nitrogens with zero attached hydrogens (tertiary/aromatic N) is 3. The summed E-state index contributed by atoms with van der Waals surface area (Å²) in [7, 11) is -1.91.